The van der Waals surface area contributed by atoms with Crippen LogP contribution < -0.4 is 4.90 Å². The highest BCUT2D eigenvalue weighted by Gasteiger charge is 2.19. The van der Waals surface area contributed by atoms with Gasteiger partial charge in [-0.05, 0) is 38.5 Å². The molecule has 0 saturated heterocycles. The third kappa shape index (κ3) is 4.29. The summed E-state index contributed by atoms with van der Waals surface area (Å²) in [6.07, 6.45) is 0.297. The Bertz CT molecular complexity index is 1010. The number of amides is 1. The number of fused-ring (bicyclic) bond motifs is 1. The summed E-state index contributed by atoms with van der Waals surface area (Å²) in [5.74, 6) is 0.943. The molecule has 2 aromatic heterocycles. The van der Waals surface area contributed by atoms with Gasteiger partial charge in [-0.1, -0.05) is 30.0 Å². The fourth-order valence-electron chi connectivity index (χ4n) is 2.79. The molecule has 5 nitrogen and oxygen atoms in total. The van der Waals surface area contributed by atoms with Crippen LogP contribution in [0.5, 0.6) is 0 Å². The summed E-state index contributed by atoms with van der Waals surface area (Å²) in [4.78, 5) is 25.9. The summed E-state index contributed by atoms with van der Waals surface area (Å²) in [6.45, 7) is 6.41. The third-order valence-electron chi connectivity index (χ3n) is 4.26. The second-order valence-electron chi connectivity index (χ2n) is 6.12. The number of benzene rings is 1. The summed E-state index contributed by atoms with van der Waals surface area (Å²) in [7, 11) is 0. The molecule has 0 atom stereocenters. The molecule has 1 amide bonds. The first-order valence-corrected chi connectivity index (χ1v) is 10.4. The van der Waals surface area contributed by atoms with E-state index in [1.165, 1.54) is 22.2 Å². The number of nitrogens with zero attached hydrogens (tertiary/aromatic N) is 4. The molecule has 3 aromatic rings. The van der Waals surface area contributed by atoms with Gasteiger partial charge in [0.2, 0.25) is 5.91 Å². The number of nitriles is 1. The van der Waals surface area contributed by atoms with Gasteiger partial charge in [-0.15, -0.1) is 11.3 Å². The quantitative estimate of drug-likeness (QED) is 0.448. The van der Waals surface area contributed by atoms with Crippen LogP contribution in [0.1, 0.15) is 22.7 Å². The van der Waals surface area contributed by atoms with Crippen LogP contribution in [0.4, 0.5) is 5.69 Å². The lowest BCUT2D eigenvalue weighted by atomic mass is 10.2. The minimum Gasteiger partial charge on any atom is -0.311 e. The summed E-state index contributed by atoms with van der Waals surface area (Å²) in [5.41, 5.74) is 1.99. The molecule has 1 aromatic carbocycles. The molecule has 0 aliphatic rings. The molecule has 27 heavy (non-hydrogen) atoms. The van der Waals surface area contributed by atoms with Crippen LogP contribution in [0.3, 0.4) is 0 Å². The van der Waals surface area contributed by atoms with Gasteiger partial charge >= 0.3 is 0 Å². The first-order valence-electron chi connectivity index (χ1n) is 8.60. The van der Waals surface area contributed by atoms with E-state index in [1.807, 2.05) is 37.3 Å². The van der Waals surface area contributed by atoms with Gasteiger partial charge in [0.25, 0.3) is 0 Å². The molecule has 2 heterocycles. The van der Waals surface area contributed by atoms with Crippen LogP contribution in [-0.2, 0) is 4.79 Å². The SMILES string of the molecule is Cc1nc(SCC(=O)N(CCC#N)c2ccccc2)c2c(C)c(C)sc2n1. The van der Waals surface area contributed by atoms with Crippen molar-refractivity contribution in [3.05, 3.63) is 46.6 Å². The lowest BCUT2D eigenvalue weighted by molar-refractivity contribution is -0.116. The maximum absolute atomic E-state index is 12.9. The minimum absolute atomic E-state index is 0.0320. The highest BCUT2D eigenvalue weighted by Crippen LogP contribution is 2.35. The lowest BCUT2D eigenvalue weighted by Gasteiger charge is -2.21. The molecule has 0 saturated carbocycles. The molecule has 138 valence electrons. The minimum atomic E-state index is -0.0320. The zero-order valence-corrected chi connectivity index (χ0v) is 17.2. The van der Waals surface area contributed by atoms with E-state index in [0.29, 0.717) is 18.8 Å². The van der Waals surface area contributed by atoms with Crippen molar-refractivity contribution in [3.8, 4) is 6.07 Å². The largest absolute Gasteiger partial charge is 0.311 e. The predicted molar refractivity (Wildman–Crippen MR) is 111 cm³/mol. The molecule has 0 unspecified atom stereocenters. The summed E-state index contributed by atoms with van der Waals surface area (Å²) in [6, 6.07) is 11.6. The van der Waals surface area contributed by atoms with Crippen molar-refractivity contribution in [1.82, 2.24) is 9.97 Å². The summed E-state index contributed by atoms with van der Waals surface area (Å²) < 4.78 is 0. The Morgan fingerprint density at radius 2 is 1.96 bits per heavy atom. The number of carbonyl (C=O) groups excluding carboxylic acids is 1. The lowest BCUT2D eigenvalue weighted by Crippen LogP contribution is -2.33. The van der Waals surface area contributed by atoms with E-state index in [0.717, 1.165) is 20.9 Å². The number of carbonyl (C=O) groups is 1. The Morgan fingerprint density at radius 1 is 1.22 bits per heavy atom. The van der Waals surface area contributed by atoms with Crippen LogP contribution in [-0.4, -0.2) is 28.2 Å². The van der Waals surface area contributed by atoms with Crippen LogP contribution in [0, 0.1) is 32.1 Å². The molecule has 3 rings (SSSR count). The first kappa shape index (κ1) is 19.3. The Balaban J connectivity index is 1.84. The number of rotatable bonds is 6. The normalized spacial score (nSPS) is 10.7. The van der Waals surface area contributed by atoms with Crippen molar-refractivity contribution in [3.63, 3.8) is 0 Å². The van der Waals surface area contributed by atoms with E-state index in [4.69, 9.17) is 5.26 Å². The van der Waals surface area contributed by atoms with Crippen molar-refractivity contribution >= 4 is 44.9 Å². The van der Waals surface area contributed by atoms with Gasteiger partial charge in [0.15, 0.2) is 0 Å². The van der Waals surface area contributed by atoms with Gasteiger partial charge in [0, 0.05) is 22.5 Å². The number of anilines is 1. The standard InChI is InChI=1S/C20H20N4OS2/c1-13-14(2)27-20-18(13)19(22-15(3)23-20)26-12-17(25)24(11-7-10-21)16-8-5-4-6-9-16/h4-6,8-9H,7,11-12H2,1-3H3. The number of hydrogen-bond donors (Lipinski definition) is 0. The topological polar surface area (TPSA) is 69.9 Å². The van der Waals surface area contributed by atoms with Crippen molar-refractivity contribution in [2.75, 3.05) is 17.2 Å². The van der Waals surface area contributed by atoms with Crippen LogP contribution in [0.2, 0.25) is 0 Å². The van der Waals surface area contributed by atoms with E-state index in [1.54, 1.807) is 16.2 Å². The van der Waals surface area contributed by atoms with E-state index in [9.17, 15) is 4.79 Å². The predicted octanol–water partition coefficient (Wildman–Crippen LogP) is 4.66. The second-order valence-corrected chi connectivity index (χ2v) is 8.28. The number of thiophene rings is 1. The monoisotopic (exact) mass is 396 g/mol. The molecular formula is C20H20N4OS2. The van der Waals surface area contributed by atoms with Crippen LogP contribution in [0.25, 0.3) is 10.2 Å². The maximum atomic E-state index is 12.9. The fraction of sp³-hybridized carbons (Fsp3) is 0.300. The van der Waals surface area contributed by atoms with E-state index < -0.39 is 0 Å². The Hall–Kier alpha value is -2.43. The fourth-order valence-corrected chi connectivity index (χ4v) is 4.94. The van der Waals surface area contributed by atoms with Crippen molar-refractivity contribution in [2.45, 2.75) is 32.2 Å². The van der Waals surface area contributed by atoms with Crippen LogP contribution in [0.15, 0.2) is 35.4 Å². The molecule has 0 aliphatic carbocycles. The molecule has 0 aliphatic heterocycles. The maximum Gasteiger partial charge on any atom is 0.237 e. The molecule has 0 N–H and O–H groups in total. The highest BCUT2D eigenvalue weighted by atomic mass is 32.2. The Labute approximate surface area is 167 Å². The van der Waals surface area contributed by atoms with E-state index >= 15 is 0 Å². The first-order chi connectivity index (χ1) is 13.0. The van der Waals surface area contributed by atoms with Crippen molar-refractivity contribution in [2.24, 2.45) is 0 Å². The zero-order chi connectivity index (χ0) is 19.4. The summed E-state index contributed by atoms with van der Waals surface area (Å²) >= 11 is 3.10. The number of aromatic nitrogens is 2. The Kier molecular flexibility index (Phi) is 6.09. The van der Waals surface area contributed by atoms with Gasteiger partial charge in [-0.25, -0.2) is 9.97 Å². The molecular weight excluding hydrogens is 376 g/mol. The number of para-hydroxylation sites is 1. The average molecular weight is 397 g/mol. The molecule has 0 fully saturated rings. The third-order valence-corrected chi connectivity index (χ3v) is 6.32. The zero-order valence-electron chi connectivity index (χ0n) is 15.5. The van der Waals surface area contributed by atoms with Crippen LogP contribution >= 0.6 is 23.1 Å². The van der Waals surface area contributed by atoms with Gasteiger partial charge in [-0.2, -0.15) is 5.26 Å². The molecule has 0 spiro atoms. The average Bonchev–Trinajstić information content (AvgIpc) is 2.94. The van der Waals surface area contributed by atoms with Gasteiger partial charge in [-0.3, -0.25) is 4.79 Å². The van der Waals surface area contributed by atoms with Crippen molar-refractivity contribution < 1.29 is 4.79 Å². The van der Waals surface area contributed by atoms with Gasteiger partial charge in [0.1, 0.15) is 15.7 Å². The second kappa shape index (κ2) is 8.51. The van der Waals surface area contributed by atoms with Gasteiger partial charge in [0.05, 0.1) is 18.2 Å². The molecule has 0 bridgehead atoms. The molecule has 0 radical (unpaired) electrons. The number of aryl methyl sites for hydroxylation is 3. The highest BCUT2D eigenvalue weighted by molar-refractivity contribution is 8.00. The number of hydrogen-bond acceptors (Lipinski definition) is 6. The van der Waals surface area contributed by atoms with Gasteiger partial charge < -0.3 is 4.90 Å². The molecule has 7 heteroatoms. The summed E-state index contributed by atoms with van der Waals surface area (Å²) in [5, 5.41) is 10.8. The smallest absolute Gasteiger partial charge is 0.237 e. The van der Waals surface area contributed by atoms with Crippen molar-refractivity contribution in [1.29, 1.82) is 5.26 Å². The van der Waals surface area contributed by atoms with E-state index in [2.05, 4.69) is 29.9 Å². The number of thioether (sulfide) groups is 1. The van der Waals surface area contributed by atoms with E-state index in [-0.39, 0.29) is 11.7 Å². The Morgan fingerprint density at radius 3 is 2.67 bits per heavy atom.